The molecule has 18 heavy (non-hydrogen) atoms. The maximum absolute atomic E-state index is 11.9. The number of allylic oxidation sites excluding steroid dienone is 1. The van der Waals surface area contributed by atoms with Crippen LogP contribution in [0.3, 0.4) is 0 Å². The lowest BCUT2D eigenvalue weighted by atomic mass is 10.1. The van der Waals surface area contributed by atoms with Crippen LogP contribution < -0.4 is 5.32 Å². The van der Waals surface area contributed by atoms with Crippen molar-refractivity contribution in [2.24, 2.45) is 0 Å². The Kier molecular flexibility index (Phi) is 4.54. The van der Waals surface area contributed by atoms with Crippen molar-refractivity contribution in [2.75, 3.05) is 12.4 Å². The van der Waals surface area contributed by atoms with Gasteiger partial charge in [-0.15, -0.1) is 11.3 Å². The van der Waals surface area contributed by atoms with E-state index in [9.17, 15) is 4.79 Å². The van der Waals surface area contributed by atoms with Crippen molar-refractivity contribution in [3.05, 3.63) is 55.8 Å². The normalized spacial score (nSPS) is 10.8. The second kappa shape index (κ2) is 6.15. The zero-order valence-electron chi connectivity index (χ0n) is 9.81. The molecule has 0 aliphatic heterocycles. The molecule has 2 aromatic rings. The number of thiophene rings is 1. The highest BCUT2D eigenvalue weighted by Gasteiger charge is 2.04. The van der Waals surface area contributed by atoms with E-state index in [4.69, 9.17) is 0 Å². The topological polar surface area (TPSA) is 29.1 Å². The van der Waals surface area contributed by atoms with Gasteiger partial charge in [-0.3, -0.25) is 4.79 Å². The molecule has 1 aromatic heterocycles. The van der Waals surface area contributed by atoms with E-state index in [1.165, 1.54) is 11.3 Å². The molecule has 0 aliphatic carbocycles. The molecule has 1 aromatic carbocycles. The Morgan fingerprint density at radius 1 is 1.22 bits per heavy atom. The minimum absolute atomic E-state index is 0.0561. The van der Waals surface area contributed by atoms with Gasteiger partial charge in [0, 0.05) is 12.7 Å². The van der Waals surface area contributed by atoms with E-state index in [0.29, 0.717) is 0 Å². The van der Waals surface area contributed by atoms with Crippen molar-refractivity contribution in [3.8, 4) is 0 Å². The number of anilines is 1. The number of carbonyl (C=O) groups is 1. The summed E-state index contributed by atoms with van der Waals surface area (Å²) in [6.07, 6.45) is 3.46. The summed E-state index contributed by atoms with van der Waals surface area (Å²) >= 11 is 3.73. The predicted molar refractivity (Wildman–Crippen MR) is 86.4 cm³/mol. The Morgan fingerprint density at radius 2 is 1.94 bits per heavy atom. The highest BCUT2D eigenvalue weighted by molar-refractivity contribution is 14.1. The third-order valence-corrected chi connectivity index (χ3v) is 4.35. The summed E-state index contributed by atoms with van der Waals surface area (Å²) in [5.41, 5.74) is 2.08. The summed E-state index contributed by atoms with van der Waals surface area (Å²) in [7, 11) is 1.88. The summed E-state index contributed by atoms with van der Waals surface area (Å²) in [5.74, 6) is 0.0561. The van der Waals surface area contributed by atoms with Crippen LogP contribution in [0.2, 0.25) is 0 Å². The van der Waals surface area contributed by atoms with Gasteiger partial charge in [0.25, 0.3) is 0 Å². The third-order valence-electron chi connectivity index (χ3n) is 2.44. The fourth-order valence-electron chi connectivity index (χ4n) is 1.46. The average molecular weight is 369 g/mol. The Bertz CT molecular complexity index is 572. The van der Waals surface area contributed by atoms with E-state index in [1.807, 2.05) is 49.5 Å². The molecule has 0 bridgehead atoms. The lowest BCUT2D eigenvalue weighted by molar-refractivity contribution is 0.105. The first-order valence-corrected chi connectivity index (χ1v) is 7.34. The van der Waals surface area contributed by atoms with Gasteiger partial charge < -0.3 is 5.32 Å². The molecule has 1 heterocycles. The van der Waals surface area contributed by atoms with Crippen LogP contribution >= 0.6 is 33.9 Å². The van der Waals surface area contributed by atoms with E-state index in [0.717, 1.165) is 19.0 Å². The highest BCUT2D eigenvalue weighted by atomic mass is 127. The van der Waals surface area contributed by atoms with Crippen molar-refractivity contribution in [3.63, 3.8) is 0 Å². The number of benzene rings is 1. The van der Waals surface area contributed by atoms with E-state index in [-0.39, 0.29) is 5.78 Å². The second-order valence-electron chi connectivity index (χ2n) is 3.67. The van der Waals surface area contributed by atoms with Gasteiger partial charge in [0.1, 0.15) is 0 Å². The SMILES string of the molecule is CNc1ccc(C=CC(=O)c2ccc(I)s2)cc1. The zero-order valence-corrected chi connectivity index (χ0v) is 12.8. The molecular weight excluding hydrogens is 357 g/mol. The Hall–Kier alpha value is -1.14. The Balaban J connectivity index is 2.08. The van der Waals surface area contributed by atoms with Crippen molar-refractivity contribution in [1.29, 1.82) is 0 Å². The lowest BCUT2D eigenvalue weighted by Gasteiger charge is -1.99. The largest absolute Gasteiger partial charge is 0.388 e. The summed E-state index contributed by atoms with van der Waals surface area (Å²) < 4.78 is 1.13. The predicted octanol–water partition coefficient (Wildman–Crippen LogP) is 4.29. The van der Waals surface area contributed by atoms with E-state index >= 15 is 0 Å². The first-order chi connectivity index (χ1) is 8.69. The summed E-state index contributed by atoms with van der Waals surface area (Å²) in [6, 6.07) is 11.7. The van der Waals surface area contributed by atoms with Crippen LogP contribution in [-0.2, 0) is 0 Å². The molecule has 2 nitrogen and oxygen atoms in total. The number of nitrogens with one attached hydrogen (secondary N) is 1. The maximum Gasteiger partial charge on any atom is 0.195 e. The van der Waals surface area contributed by atoms with Gasteiger partial charge in [0.05, 0.1) is 7.76 Å². The molecule has 0 radical (unpaired) electrons. The molecule has 0 amide bonds. The summed E-state index contributed by atoms with van der Waals surface area (Å²) in [6.45, 7) is 0. The average Bonchev–Trinajstić information content (AvgIpc) is 2.83. The molecule has 0 unspecified atom stereocenters. The summed E-state index contributed by atoms with van der Waals surface area (Å²) in [5, 5.41) is 3.06. The quantitative estimate of drug-likeness (QED) is 0.495. The summed E-state index contributed by atoms with van der Waals surface area (Å²) in [4.78, 5) is 12.6. The minimum Gasteiger partial charge on any atom is -0.388 e. The zero-order chi connectivity index (χ0) is 13.0. The smallest absolute Gasteiger partial charge is 0.195 e. The van der Waals surface area contributed by atoms with Gasteiger partial charge in [0.15, 0.2) is 5.78 Å². The van der Waals surface area contributed by atoms with Crippen LogP contribution in [0.5, 0.6) is 0 Å². The first-order valence-electron chi connectivity index (χ1n) is 5.44. The molecule has 0 saturated carbocycles. The first kappa shape index (κ1) is 13.3. The maximum atomic E-state index is 11.9. The fraction of sp³-hybridized carbons (Fsp3) is 0.0714. The Morgan fingerprint density at radius 3 is 2.50 bits per heavy atom. The number of hydrogen-bond donors (Lipinski definition) is 1. The molecule has 0 saturated heterocycles. The third kappa shape index (κ3) is 3.43. The molecule has 0 spiro atoms. The number of hydrogen-bond acceptors (Lipinski definition) is 3. The molecule has 0 atom stereocenters. The molecular formula is C14H12INOS. The van der Waals surface area contributed by atoms with Gasteiger partial charge >= 0.3 is 0 Å². The van der Waals surface area contributed by atoms with Crippen LogP contribution in [0.25, 0.3) is 6.08 Å². The van der Waals surface area contributed by atoms with Crippen LogP contribution in [0.4, 0.5) is 5.69 Å². The van der Waals surface area contributed by atoms with Crippen LogP contribution in [0, 0.1) is 2.88 Å². The van der Waals surface area contributed by atoms with Gasteiger partial charge in [-0.05, 0) is 58.5 Å². The molecule has 1 N–H and O–H groups in total. The number of ketones is 1. The highest BCUT2D eigenvalue weighted by Crippen LogP contribution is 2.19. The minimum atomic E-state index is 0.0561. The molecule has 92 valence electrons. The van der Waals surface area contributed by atoms with Crippen molar-refractivity contribution in [1.82, 2.24) is 0 Å². The second-order valence-corrected chi connectivity index (χ2v) is 6.65. The van der Waals surface area contributed by atoms with E-state index in [1.54, 1.807) is 6.08 Å². The lowest BCUT2D eigenvalue weighted by Crippen LogP contribution is -1.89. The number of halogens is 1. The van der Waals surface area contributed by atoms with Gasteiger partial charge in [-0.2, -0.15) is 0 Å². The Labute approximate surface area is 124 Å². The molecule has 0 aliphatic rings. The van der Waals surface area contributed by atoms with Crippen molar-refractivity contribution < 1.29 is 4.79 Å². The van der Waals surface area contributed by atoms with Crippen molar-refractivity contribution in [2.45, 2.75) is 0 Å². The molecule has 2 rings (SSSR count). The fourth-order valence-corrected chi connectivity index (χ4v) is 3.00. The van der Waals surface area contributed by atoms with E-state index in [2.05, 4.69) is 27.9 Å². The van der Waals surface area contributed by atoms with Gasteiger partial charge in [0.2, 0.25) is 0 Å². The van der Waals surface area contributed by atoms with Crippen LogP contribution in [-0.4, -0.2) is 12.8 Å². The monoisotopic (exact) mass is 369 g/mol. The van der Waals surface area contributed by atoms with Gasteiger partial charge in [-0.25, -0.2) is 0 Å². The number of rotatable bonds is 4. The van der Waals surface area contributed by atoms with Crippen LogP contribution in [0.15, 0.2) is 42.5 Å². The van der Waals surface area contributed by atoms with Gasteiger partial charge in [-0.1, -0.05) is 18.2 Å². The molecule has 4 heteroatoms. The van der Waals surface area contributed by atoms with Crippen molar-refractivity contribution >= 4 is 51.5 Å². The standard InChI is InChI=1S/C14H12INOS/c1-16-11-5-2-10(3-6-11)4-7-12(17)13-8-9-14(15)18-13/h2-9,16H,1H3. The molecule has 0 fully saturated rings. The van der Waals surface area contributed by atoms with Crippen LogP contribution in [0.1, 0.15) is 15.2 Å². The van der Waals surface area contributed by atoms with E-state index < -0.39 is 0 Å². The number of carbonyl (C=O) groups excluding carboxylic acids is 1.